The molecule has 0 aliphatic heterocycles. The van der Waals surface area contributed by atoms with Gasteiger partial charge in [0.15, 0.2) is 0 Å². The lowest BCUT2D eigenvalue weighted by molar-refractivity contribution is 0.242. The lowest BCUT2D eigenvalue weighted by Gasteiger charge is -2.10. The van der Waals surface area contributed by atoms with Crippen molar-refractivity contribution >= 4 is 17.9 Å². The Morgan fingerprint density at radius 3 is 2.41 bits per heavy atom. The van der Waals surface area contributed by atoms with Gasteiger partial charge in [-0.3, -0.25) is 4.99 Å². The van der Waals surface area contributed by atoms with Crippen molar-refractivity contribution in [2.75, 3.05) is 6.61 Å². The van der Waals surface area contributed by atoms with E-state index in [4.69, 9.17) is 9.47 Å². The van der Waals surface area contributed by atoms with Crippen LogP contribution in [-0.2, 0) is 0 Å². The van der Waals surface area contributed by atoms with Crippen LogP contribution >= 0.6 is 0 Å². The molecule has 0 aromatic heterocycles. The van der Waals surface area contributed by atoms with Gasteiger partial charge in [-0.15, -0.1) is 0 Å². The fourth-order valence-corrected chi connectivity index (χ4v) is 2.68. The van der Waals surface area contributed by atoms with Crippen LogP contribution in [0.4, 0.5) is 0 Å². The molecule has 0 atom stereocenters. The minimum Gasteiger partial charge on any atom is -0.493 e. The van der Waals surface area contributed by atoms with E-state index in [0.717, 1.165) is 40.7 Å². The van der Waals surface area contributed by atoms with Crippen molar-refractivity contribution in [3.63, 3.8) is 0 Å². The van der Waals surface area contributed by atoms with Crippen LogP contribution in [0.15, 0.2) is 78.5 Å². The number of aliphatic imine (C=N–C) groups is 1. The Balaban J connectivity index is 1.43. The third kappa shape index (κ3) is 7.46. The van der Waals surface area contributed by atoms with Crippen LogP contribution in [0.1, 0.15) is 37.8 Å². The maximum Gasteiger partial charge on any atom is 0.119 e. The molecule has 3 rings (SSSR count). The molecule has 1 saturated carbocycles. The van der Waals surface area contributed by atoms with Gasteiger partial charge in [-0.2, -0.15) is 0 Å². The SMILES string of the molecule is C=C(\C=C/C=N/C=C/c1ccc(OCC2CC2)cc1)c1ccc(OC(C)C)cc1. The second-order valence-electron chi connectivity index (χ2n) is 7.51. The number of allylic oxidation sites excluding steroid dienone is 3. The monoisotopic (exact) mass is 387 g/mol. The average molecular weight is 388 g/mol. The van der Waals surface area contributed by atoms with E-state index in [2.05, 4.69) is 11.6 Å². The number of hydrogen-bond acceptors (Lipinski definition) is 3. The highest BCUT2D eigenvalue weighted by atomic mass is 16.5. The van der Waals surface area contributed by atoms with Gasteiger partial charge in [0.2, 0.25) is 0 Å². The highest BCUT2D eigenvalue weighted by Gasteiger charge is 2.21. The molecule has 0 N–H and O–H groups in total. The highest BCUT2D eigenvalue weighted by molar-refractivity contribution is 5.80. The van der Waals surface area contributed by atoms with Gasteiger partial charge in [0.25, 0.3) is 0 Å². The number of benzene rings is 2. The highest BCUT2D eigenvalue weighted by Crippen LogP contribution is 2.29. The van der Waals surface area contributed by atoms with Crippen LogP contribution in [-0.4, -0.2) is 18.9 Å². The predicted octanol–water partition coefficient (Wildman–Crippen LogP) is 6.57. The normalized spacial score (nSPS) is 14.3. The topological polar surface area (TPSA) is 30.8 Å². The van der Waals surface area contributed by atoms with Gasteiger partial charge in [0.1, 0.15) is 11.5 Å². The van der Waals surface area contributed by atoms with Gasteiger partial charge in [-0.05, 0) is 85.7 Å². The zero-order valence-electron chi connectivity index (χ0n) is 17.3. The number of ether oxygens (including phenoxy) is 2. The summed E-state index contributed by atoms with van der Waals surface area (Å²) in [4.78, 5) is 4.28. The smallest absolute Gasteiger partial charge is 0.119 e. The van der Waals surface area contributed by atoms with Crippen molar-refractivity contribution in [2.45, 2.75) is 32.8 Å². The molecule has 0 bridgehead atoms. The van der Waals surface area contributed by atoms with Crippen molar-refractivity contribution in [3.05, 3.63) is 84.6 Å². The molecular formula is C26H29NO2. The summed E-state index contributed by atoms with van der Waals surface area (Å²) in [5, 5.41) is 0. The molecule has 1 aliphatic carbocycles. The molecule has 1 aliphatic rings. The Bertz CT molecular complexity index is 870. The molecule has 2 aromatic rings. The van der Waals surface area contributed by atoms with Crippen molar-refractivity contribution in [1.29, 1.82) is 0 Å². The zero-order chi connectivity index (χ0) is 20.5. The van der Waals surface area contributed by atoms with Crippen LogP contribution in [0.25, 0.3) is 11.6 Å². The minimum absolute atomic E-state index is 0.173. The summed E-state index contributed by atoms with van der Waals surface area (Å²) in [6.45, 7) is 8.97. The van der Waals surface area contributed by atoms with Gasteiger partial charge < -0.3 is 9.47 Å². The molecular weight excluding hydrogens is 358 g/mol. The Kier molecular flexibility index (Phi) is 7.46. The van der Waals surface area contributed by atoms with Gasteiger partial charge >= 0.3 is 0 Å². The summed E-state index contributed by atoms with van der Waals surface area (Å²) in [5.74, 6) is 2.57. The first kappa shape index (κ1) is 20.7. The van der Waals surface area contributed by atoms with E-state index < -0.39 is 0 Å². The maximum absolute atomic E-state index is 5.75. The quantitative estimate of drug-likeness (QED) is 0.341. The molecule has 3 nitrogen and oxygen atoms in total. The third-order valence-electron chi connectivity index (χ3n) is 4.48. The summed E-state index contributed by atoms with van der Waals surface area (Å²) in [6.07, 6.45) is 12.1. The predicted molar refractivity (Wildman–Crippen MR) is 123 cm³/mol. The van der Waals surface area contributed by atoms with Gasteiger partial charge in [-0.1, -0.05) is 36.9 Å². The number of rotatable bonds is 10. The second kappa shape index (κ2) is 10.5. The van der Waals surface area contributed by atoms with E-state index in [-0.39, 0.29) is 6.10 Å². The molecule has 0 radical (unpaired) electrons. The van der Waals surface area contributed by atoms with Crippen molar-refractivity contribution in [1.82, 2.24) is 0 Å². The fourth-order valence-electron chi connectivity index (χ4n) is 2.68. The largest absolute Gasteiger partial charge is 0.493 e. The summed E-state index contributed by atoms with van der Waals surface area (Å²) < 4.78 is 11.4. The first-order chi connectivity index (χ1) is 14.1. The zero-order valence-corrected chi connectivity index (χ0v) is 17.3. The molecule has 1 fully saturated rings. The van der Waals surface area contributed by atoms with E-state index in [9.17, 15) is 0 Å². The molecule has 0 unspecified atom stereocenters. The van der Waals surface area contributed by atoms with Crippen molar-refractivity contribution in [2.24, 2.45) is 10.9 Å². The Labute approximate surface area is 174 Å². The third-order valence-corrected chi connectivity index (χ3v) is 4.48. The molecule has 150 valence electrons. The number of nitrogens with zero attached hydrogens (tertiary/aromatic N) is 1. The molecule has 0 amide bonds. The molecule has 0 spiro atoms. The van der Waals surface area contributed by atoms with E-state index in [1.165, 1.54) is 12.8 Å². The molecule has 2 aromatic carbocycles. The van der Waals surface area contributed by atoms with Gasteiger partial charge in [0.05, 0.1) is 12.7 Å². The van der Waals surface area contributed by atoms with Crippen LogP contribution in [0.5, 0.6) is 11.5 Å². The Morgan fingerprint density at radius 1 is 1.07 bits per heavy atom. The van der Waals surface area contributed by atoms with E-state index in [1.807, 2.05) is 80.6 Å². The molecule has 3 heteroatoms. The van der Waals surface area contributed by atoms with Crippen LogP contribution in [0, 0.1) is 5.92 Å². The van der Waals surface area contributed by atoms with E-state index >= 15 is 0 Å². The second-order valence-corrected chi connectivity index (χ2v) is 7.51. The van der Waals surface area contributed by atoms with E-state index in [1.54, 1.807) is 12.4 Å². The lowest BCUT2D eigenvalue weighted by Crippen LogP contribution is -2.05. The number of hydrogen-bond donors (Lipinski definition) is 0. The lowest BCUT2D eigenvalue weighted by atomic mass is 10.1. The summed E-state index contributed by atoms with van der Waals surface area (Å²) in [5.41, 5.74) is 3.08. The first-order valence-electron chi connectivity index (χ1n) is 10.2. The molecule has 0 heterocycles. The Hall–Kier alpha value is -3.07. The molecule has 29 heavy (non-hydrogen) atoms. The van der Waals surface area contributed by atoms with Gasteiger partial charge in [0, 0.05) is 12.4 Å². The van der Waals surface area contributed by atoms with Crippen LogP contribution < -0.4 is 9.47 Å². The standard InChI is InChI=1S/C26H29NO2/c1-20(2)29-26-14-10-24(11-15-26)21(3)5-4-17-27-18-16-22-8-12-25(13-9-22)28-19-23-6-7-23/h4-5,8-18,20,23H,3,6-7,19H2,1-2H3/b5-4-,18-16+,27-17+. The average Bonchev–Trinajstić information content (AvgIpc) is 3.54. The van der Waals surface area contributed by atoms with Crippen LogP contribution in [0.3, 0.4) is 0 Å². The fraction of sp³-hybridized carbons (Fsp3) is 0.269. The van der Waals surface area contributed by atoms with Crippen molar-refractivity contribution < 1.29 is 9.47 Å². The van der Waals surface area contributed by atoms with Crippen LogP contribution in [0.2, 0.25) is 0 Å². The maximum atomic E-state index is 5.75. The minimum atomic E-state index is 0.173. The summed E-state index contributed by atoms with van der Waals surface area (Å²) in [7, 11) is 0. The summed E-state index contributed by atoms with van der Waals surface area (Å²) in [6, 6.07) is 16.1. The first-order valence-corrected chi connectivity index (χ1v) is 10.2. The van der Waals surface area contributed by atoms with E-state index in [0.29, 0.717) is 0 Å². The Morgan fingerprint density at radius 2 is 1.76 bits per heavy atom. The van der Waals surface area contributed by atoms with Crippen molar-refractivity contribution in [3.8, 4) is 11.5 Å². The van der Waals surface area contributed by atoms with Gasteiger partial charge in [-0.25, -0.2) is 0 Å². The summed E-state index contributed by atoms with van der Waals surface area (Å²) >= 11 is 0. The molecule has 0 saturated heterocycles.